The number of fused-ring (bicyclic) bond motifs is 1. The molecule has 1 N–H and O–H groups in total. The maximum absolute atomic E-state index is 11.5. The number of ether oxygens (including phenoxy) is 1. The van der Waals surface area contributed by atoms with Crippen molar-refractivity contribution in [1.82, 2.24) is 24.3 Å². The summed E-state index contributed by atoms with van der Waals surface area (Å²) in [5.74, 6) is 1.84. The van der Waals surface area contributed by atoms with E-state index >= 15 is 0 Å². The van der Waals surface area contributed by atoms with Crippen molar-refractivity contribution in [3.05, 3.63) is 88.5 Å². The van der Waals surface area contributed by atoms with Crippen molar-refractivity contribution in [2.45, 2.75) is 31.9 Å². The fourth-order valence-electron chi connectivity index (χ4n) is 4.22. The van der Waals surface area contributed by atoms with Gasteiger partial charge in [0, 0.05) is 17.8 Å². The molecule has 0 bridgehead atoms. The number of nitrogens with zero attached hydrogens (tertiary/aromatic N) is 5. The summed E-state index contributed by atoms with van der Waals surface area (Å²) in [6.45, 7) is 2.67. The van der Waals surface area contributed by atoms with E-state index in [4.69, 9.17) is 16.3 Å². The molecule has 1 aliphatic heterocycles. The van der Waals surface area contributed by atoms with Gasteiger partial charge < -0.3 is 14.4 Å². The molecule has 33 heavy (non-hydrogen) atoms. The molecule has 2 aromatic carbocycles. The van der Waals surface area contributed by atoms with Gasteiger partial charge in [-0.15, -0.1) is 0 Å². The first-order valence-corrected chi connectivity index (χ1v) is 11.1. The number of imidazole rings is 1. The van der Waals surface area contributed by atoms with Crippen LogP contribution in [0, 0.1) is 6.92 Å². The molecule has 0 radical (unpaired) electrons. The molecule has 1 aliphatic rings. The summed E-state index contributed by atoms with van der Waals surface area (Å²) < 4.78 is 9.32. The van der Waals surface area contributed by atoms with E-state index in [0.717, 1.165) is 41.2 Å². The number of aromatic nitrogens is 5. The van der Waals surface area contributed by atoms with Gasteiger partial charge in [0.25, 0.3) is 0 Å². The zero-order chi connectivity index (χ0) is 23.0. The molecule has 7 nitrogen and oxygen atoms in total. The van der Waals surface area contributed by atoms with Crippen LogP contribution in [0.2, 0.25) is 5.02 Å². The highest BCUT2D eigenvalue weighted by atomic mass is 35.5. The van der Waals surface area contributed by atoms with Crippen molar-refractivity contribution in [2.75, 3.05) is 7.11 Å². The largest absolute Gasteiger partial charge is 0.495 e. The van der Waals surface area contributed by atoms with E-state index in [1.54, 1.807) is 30.3 Å². The SMILES string of the molecule is COc1cc(C=Cc2nc3n(n2)CCC[C@@]3(O)c2ccc(Cl)cc2)ccc1-n1cnc(C)c1. The summed E-state index contributed by atoms with van der Waals surface area (Å²) in [5, 5.41) is 16.7. The maximum Gasteiger partial charge on any atom is 0.174 e. The molecule has 0 aliphatic carbocycles. The summed E-state index contributed by atoms with van der Waals surface area (Å²) in [6.07, 6.45) is 8.91. The van der Waals surface area contributed by atoms with Gasteiger partial charge in [0.1, 0.15) is 11.4 Å². The number of aliphatic hydroxyl groups is 1. The molecule has 0 fully saturated rings. The molecule has 0 saturated heterocycles. The van der Waals surface area contributed by atoms with E-state index in [2.05, 4.69) is 15.1 Å². The first kappa shape index (κ1) is 21.4. The first-order valence-electron chi connectivity index (χ1n) is 10.8. The van der Waals surface area contributed by atoms with E-state index in [-0.39, 0.29) is 0 Å². The second-order valence-corrected chi connectivity index (χ2v) is 8.61. The van der Waals surface area contributed by atoms with E-state index < -0.39 is 5.60 Å². The van der Waals surface area contributed by atoms with Gasteiger partial charge in [0.15, 0.2) is 11.6 Å². The fraction of sp³-hybridized carbons (Fsp3) is 0.240. The van der Waals surface area contributed by atoms with Crippen molar-refractivity contribution in [3.8, 4) is 11.4 Å². The second kappa shape index (κ2) is 8.50. The summed E-state index contributed by atoms with van der Waals surface area (Å²) in [5.41, 5.74) is 2.39. The number of hydrogen-bond donors (Lipinski definition) is 1. The number of methoxy groups -OCH3 is 1. The quantitative estimate of drug-likeness (QED) is 0.468. The van der Waals surface area contributed by atoms with Gasteiger partial charge in [-0.05, 0) is 61.2 Å². The number of aryl methyl sites for hydroxylation is 2. The predicted molar refractivity (Wildman–Crippen MR) is 127 cm³/mol. The van der Waals surface area contributed by atoms with Crippen LogP contribution in [0.15, 0.2) is 55.0 Å². The monoisotopic (exact) mass is 461 g/mol. The molecule has 0 spiro atoms. The molecule has 3 heterocycles. The summed E-state index contributed by atoms with van der Waals surface area (Å²) in [4.78, 5) is 8.95. The third-order valence-electron chi connectivity index (χ3n) is 5.91. The lowest BCUT2D eigenvalue weighted by Gasteiger charge is -2.31. The lowest BCUT2D eigenvalue weighted by atomic mass is 9.86. The summed E-state index contributed by atoms with van der Waals surface area (Å²) in [7, 11) is 1.65. The Kier molecular flexibility index (Phi) is 5.52. The third kappa shape index (κ3) is 4.05. The Balaban J connectivity index is 1.43. The molecule has 8 heteroatoms. The molecule has 4 aromatic rings. The van der Waals surface area contributed by atoms with Crippen LogP contribution in [0.3, 0.4) is 0 Å². The van der Waals surface area contributed by atoms with Crippen LogP contribution in [0.5, 0.6) is 5.75 Å². The molecule has 5 rings (SSSR count). The van der Waals surface area contributed by atoms with E-state index in [9.17, 15) is 5.11 Å². The van der Waals surface area contributed by atoms with Crippen LogP contribution < -0.4 is 4.74 Å². The minimum absolute atomic E-state index is 0.549. The Bertz CT molecular complexity index is 1330. The highest BCUT2D eigenvalue weighted by Crippen LogP contribution is 2.37. The van der Waals surface area contributed by atoms with Gasteiger partial charge in [-0.25, -0.2) is 14.6 Å². The van der Waals surface area contributed by atoms with Crippen LogP contribution in [0.1, 0.15) is 41.3 Å². The Hall–Kier alpha value is -3.42. The number of benzene rings is 2. The van der Waals surface area contributed by atoms with Crippen LogP contribution in [0.4, 0.5) is 0 Å². The van der Waals surface area contributed by atoms with Crippen LogP contribution in [-0.4, -0.2) is 36.5 Å². The molecule has 2 aromatic heterocycles. The maximum atomic E-state index is 11.5. The first-order chi connectivity index (χ1) is 16.0. The van der Waals surface area contributed by atoms with Crippen LogP contribution in [0.25, 0.3) is 17.8 Å². The molecule has 0 amide bonds. The number of halogens is 1. The minimum Gasteiger partial charge on any atom is -0.495 e. The average molecular weight is 462 g/mol. The second-order valence-electron chi connectivity index (χ2n) is 8.17. The number of hydrogen-bond acceptors (Lipinski definition) is 5. The van der Waals surface area contributed by atoms with Crippen molar-refractivity contribution in [3.63, 3.8) is 0 Å². The highest BCUT2D eigenvalue weighted by molar-refractivity contribution is 6.30. The zero-order valence-corrected chi connectivity index (χ0v) is 19.2. The molecule has 0 saturated carbocycles. The Morgan fingerprint density at radius 2 is 1.97 bits per heavy atom. The highest BCUT2D eigenvalue weighted by Gasteiger charge is 2.39. The fourth-order valence-corrected chi connectivity index (χ4v) is 4.35. The smallest absolute Gasteiger partial charge is 0.174 e. The van der Waals surface area contributed by atoms with E-state index in [1.807, 2.05) is 60.2 Å². The van der Waals surface area contributed by atoms with Gasteiger partial charge in [-0.3, -0.25) is 0 Å². The number of rotatable bonds is 5. The third-order valence-corrected chi connectivity index (χ3v) is 6.16. The molecule has 0 unspecified atom stereocenters. The standard InChI is InChI=1S/C25H24ClN5O2/c1-17-15-30(16-27-17)21-10-4-18(14-22(21)33-2)5-11-23-28-24-25(32,12-3-13-31(24)29-23)19-6-8-20(26)9-7-19/h4-11,14-16,32H,3,12-13H2,1-2H3/t25-/m1/s1. The molecule has 168 valence electrons. The topological polar surface area (TPSA) is 78.0 Å². The molecule has 1 atom stereocenters. The van der Waals surface area contributed by atoms with Crippen LogP contribution in [-0.2, 0) is 12.1 Å². The summed E-state index contributed by atoms with van der Waals surface area (Å²) in [6, 6.07) is 13.2. The predicted octanol–water partition coefficient (Wildman–Crippen LogP) is 4.63. The van der Waals surface area contributed by atoms with Crippen molar-refractivity contribution < 1.29 is 9.84 Å². The Morgan fingerprint density at radius 1 is 1.15 bits per heavy atom. The van der Waals surface area contributed by atoms with Gasteiger partial charge in [-0.2, -0.15) is 5.10 Å². The van der Waals surface area contributed by atoms with Crippen molar-refractivity contribution in [2.24, 2.45) is 0 Å². The minimum atomic E-state index is -1.18. The Morgan fingerprint density at radius 3 is 2.70 bits per heavy atom. The zero-order valence-electron chi connectivity index (χ0n) is 18.4. The summed E-state index contributed by atoms with van der Waals surface area (Å²) >= 11 is 6.03. The molecular formula is C25H24ClN5O2. The van der Waals surface area contributed by atoms with Gasteiger partial charge in [0.2, 0.25) is 0 Å². The average Bonchev–Trinajstić information content (AvgIpc) is 3.45. The lowest BCUT2D eigenvalue weighted by molar-refractivity contribution is 0.0395. The Labute approximate surface area is 197 Å². The lowest BCUT2D eigenvalue weighted by Crippen LogP contribution is -2.35. The normalized spacial score (nSPS) is 17.9. The van der Waals surface area contributed by atoms with Crippen molar-refractivity contribution in [1.29, 1.82) is 0 Å². The van der Waals surface area contributed by atoms with Gasteiger partial charge >= 0.3 is 0 Å². The molecular weight excluding hydrogens is 438 g/mol. The van der Waals surface area contributed by atoms with Crippen LogP contribution >= 0.6 is 11.6 Å². The van der Waals surface area contributed by atoms with E-state index in [1.165, 1.54) is 0 Å². The van der Waals surface area contributed by atoms with E-state index in [0.29, 0.717) is 23.1 Å². The van der Waals surface area contributed by atoms with Gasteiger partial charge in [-0.1, -0.05) is 35.9 Å². The van der Waals surface area contributed by atoms with Crippen molar-refractivity contribution >= 4 is 23.8 Å². The van der Waals surface area contributed by atoms with Gasteiger partial charge in [0.05, 0.1) is 24.8 Å².